The molecule has 0 saturated carbocycles. The van der Waals surface area contributed by atoms with Crippen LogP contribution in [0.15, 0.2) is 18.2 Å². The standard InChI is InChI=1S/C13H19N3OS/c1-13(2,3)18(17)7-6-12-15-10-5-4-9(14)8-11(10)16-12/h4-5,8H,6-7,14H2,1-3H3,(H,15,16). The van der Waals surface area contributed by atoms with Crippen molar-refractivity contribution in [3.05, 3.63) is 24.0 Å². The van der Waals surface area contributed by atoms with Crippen molar-refractivity contribution in [2.45, 2.75) is 31.9 Å². The Balaban J connectivity index is 2.11. The number of aromatic nitrogens is 2. The third-order valence-corrected chi connectivity index (χ3v) is 4.70. The molecule has 18 heavy (non-hydrogen) atoms. The molecule has 0 bridgehead atoms. The summed E-state index contributed by atoms with van der Waals surface area (Å²) >= 11 is 0. The molecule has 2 aromatic rings. The number of fused-ring (bicyclic) bond motifs is 1. The Kier molecular flexibility index (Phi) is 3.43. The summed E-state index contributed by atoms with van der Waals surface area (Å²) in [6.07, 6.45) is 0.693. The highest BCUT2D eigenvalue weighted by Crippen LogP contribution is 2.16. The fourth-order valence-electron chi connectivity index (χ4n) is 1.69. The van der Waals surface area contributed by atoms with Gasteiger partial charge in [0.25, 0.3) is 0 Å². The van der Waals surface area contributed by atoms with E-state index in [1.165, 1.54) is 0 Å². The van der Waals surface area contributed by atoms with Crippen LogP contribution in [0.3, 0.4) is 0 Å². The maximum absolute atomic E-state index is 12.0. The minimum Gasteiger partial charge on any atom is -0.399 e. The van der Waals surface area contributed by atoms with Gasteiger partial charge in [-0.1, -0.05) is 0 Å². The number of hydrogen-bond donors (Lipinski definition) is 2. The van der Waals surface area contributed by atoms with Gasteiger partial charge in [0.05, 0.1) is 11.0 Å². The summed E-state index contributed by atoms with van der Waals surface area (Å²) in [4.78, 5) is 7.68. The molecule has 0 spiro atoms. The number of aromatic amines is 1. The topological polar surface area (TPSA) is 71.8 Å². The molecular weight excluding hydrogens is 246 g/mol. The summed E-state index contributed by atoms with van der Waals surface area (Å²) in [5.74, 6) is 1.49. The van der Waals surface area contributed by atoms with Crippen molar-refractivity contribution in [2.24, 2.45) is 0 Å². The fourth-order valence-corrected chi connectivity index (χ4v) is 2.69. The van der Waals surface area contributed by atoms with Crippen molar-refractivity contribution in [3.8, 4) is 0 Å². The van der Waals surface area contributed by atoms with Crippen LogP contribution in [0, 0.1) is 0 Å². The molecule has 1 aromatic heterocycles. The van der Waals surface area contributed by atoms with E-state index in [2.05, 4.69) is 9.97 Å². The number of anilines is 1. The van der Waals surface area contributed by atoms with Crippen LogP contribution in [0.1, 0.15) is 26.6 Å². The molecule has 98 valence electrons. The Labute approximate surface area is 109 Å². The van der Waals surface area contributed by atoms with Gasteiger partial charge in [0, 0.05) is 33.4 Å². The molecule has 1 heterocycles. The van der Waals surface area contributed by atoms with Gasteiger partial charge in [-0.05, 0) is 39.0 Å². The second-order valence-electron chi connectivity index (χ2n) is 5.37. The van der Waals surface area contributed by atoms with Gasteiger partial charge in [-0.15, -0.1) is 0 Å². The highest BCUT2D eigenvalue weighted by Gasteiger charge is 2.19. The third kappa shape index (κ3) is 2.90. The van der Waals surface area contributed by atoms with Gasteiger partial charge >= 0.3 is 0 Å². The van der Waals surface area contributed by atoms with Crippen LogP contribution in [0.2, 0.25) is 0 Å². The van der Waals surface area contributed by atoms with Crippen LogP contribution >= 0.6 is 0 Å². The third-order valence-electron chi connectivity index (χ3n) is 2.76. The molecule has 1 atom stereocenters. The Morgan fingerprint density at radius 2 is 2.11 bits per heavy atom. The SMILES string of the molecule is CC(C)(C)S(=O)CCc1nc2ccc(N)cc2[nH]1. The summed E-state index contributed by atoms with van der Waals surface area (Å²) < 4.78 is 11.8. The van der Waals surface area contributed by atoms with Crippen molar-refractivity contribution in [2.75, 3.05) is 11.5 Å². The molecular formula is C13H19N3OS. The second-order valence-corrected chi connectivity index (χ2v) is 7.70. The van der Waals surface area contributed by atoms with E-state index in [-0.39, 0.29) is 4.75 Å². The van der Waals surface area contributed by atoms with Gasteiger partial charge in [0.15, 0.2) is 0 Å². The molecule has 1 unspecified atom stereocenters. The molecule has 0 aliphatic heterocycles. The van der Waals surface area contributed by atoms with Crippen molar-refractivity contribution in [3.63, 3.8) is 0 Å². The van der Waals surface area contributed by atoms with Gasteiger partial charge in [-0.3, -0.25) is 4.21 Å². The lowest BCUT2D eigenvalue weighted by Gasteiger charge is -2.16. The molecule has 1 aromatic carbocycles. The van der Waals surface area contributed by atoms with Crippen LogP contribution in [0.4, 0.5) is 5.69 Å². The number of nitrogens with two attached hydrogens (primary N) is 1. The van der Waals surface area contributed by atoms with E-state index in [0.717, 1.165) is 22.5 Å². The van der Waals surface area contributed by atoms with Crippen LogP contribution in [0.5, 0.6) is 0 Å². The molecule has 0 fully saturated rings. The van der Waals surface area contributed by atoms with E-state index in [9.17, 15) is 4.21 Å². The fraction of sp³-hybridized carbons (Fsp3) is 0.462. The quantitative estimate of drug-likeness (QED) is 0.836. The number of rotatable bonds is 3. The lowest BCUT2D eigenvalue weighted by atomic mass is 10.3. The number of nitrogens with one attached hydrogen (secondary N) is 1. The first kappa shape index (κ1) is 13.1. The van der Waals surface area contributed by atoms with E-state index in [1.54, 1.807) is 0 Å². The van der Waals surface area contributed by atoms with Gasteiger partial charge in [0.1, 0.15) is 5.82 Å². The minimum atomic E-state index is -0.849. The van der Waals surface area contributed by atoms with E-state index in [4.69, 9.17) is 5.73 Å². The molecule has 2 rings (SSSR count). The normalized spacial score (nSPS) is 13.9. The molecule has 0 amide bonds. The van der Waals surface area contributed by atoms with Crippen LogP contribution < -0.4 is 5.73 Å². The second kappa shape index (κ2) is 4.72. The number of benzene rings is 1. The Morgan fingerprint density at radius 3 is 2.78 bits per heavy atom. The summed E-state index contributed by atoms with van der Waals surface area (Å²) in [6, 6.07) is 5.60. The predicted octanol–water partition coefficient (Wildman–Crippen LogP) is 2.23. The monoisotopic (exact) mass is 265 g/mol. The smallest absolute Gasteiger partial charge is 0.108 e. The van der Waals surface area contributed by atoms with Crippen molar-refractivity contribution < 1.29 is 4.21 Å². The first-order valence-electron chi connectivity index (χ1n) is 5.99. The number of H-pyrrole nitrogens is 1. The largest absolute Gasteiger partial charge is 0.399 e. The van der Waals surface area contributed by atoms with Gasteiger partial charge < -0.3 is 10.7 Å². The first-order chi connectivity index (χ1) is 8.36. The van der Waals surface area contributed by atoms with Crippen LogP contribution in [-0.4, -0.2) is 24.7 Å². The molecule has 4 nitrogen and oxygen atoms in total. The zero-order valence-electron chi connectivity index (χ0n) is 11.0. The van der Waals surface area contributed by atoms with Crippen molar-refractivity contribution in [1.82, 2.24) is 9.97 Å². The zero-order valence-corrected chi connectivity index (χ0v) is 11.8. The average Bonchev–Trinajstić information content (AvgIpc) is 2.66. The van der Waals surface area contributed by atoms with Crippen molar-refractivity contribution >= 4 is 27.5 Å². The Morgan fingerprint density at radius 1 is 1.39 bits per heavy atom. The number of hydrogen-bond acceptors (Lipinski definition) is 3. The number of nitrogen functional groups attached to an aromatic ring is 1. The van der Waals surface area contributed by atoms with Gasteiger partial charge in [-0.25, -0.2) is 4.98 Å². The van der Waals surface area contributed by atoms with E-state index >= 15 is 0 Å². The summed E-state index contributed by atoms with van der Waals surface area (Å²) in [7, 11) is -0.849. The average molecular weight is 265 g/mol. The van der Waals surface area contributed by atoms with Gasteiger partial charge in [0.2, 0.25) is 0 Å². The highest BCUT2D eigenvalue weighted by molar-refractivity contribution is 7.86. The Hall–Kier alpha value is -1.36. The van der Waals surface area contributed by atoms with Crippen molar-refractivity contribution in [1.29, 1.82) is 0 Å². The Bertz CT molecular complexity index is 583. The number of aryl methyl sites for hydroxylation is 1. The van der Waals surface area contributed by atoms with E-state index < -0.39 is 10.8 Å². The molecule has 0 aliphatic rings. The summed E-state index contributed by atoms with van der Waals surface area (Å²) in [5, 5.41) is 0. The molecule has 5 heteroatoms. The summed E-state index contributed by atoms with van der Waals surface area (Å²) in [5.41, 5.74) is 8.27. The molecule has 0 aliphatic carbocycles. The lowest BCUT2D eigenvalue weighted by Crippen LogP contribution is -2.25. The highest BCUT2D eigenvalue weighted by atomic mass is 32.2. The van der Waals surface area contributed by atoms with Gasteiger partial charge in [-0.2, -0.15) is 0 Å². The minimum absolute atomic E-state index is 0.170. The molecule has 3 N–H and O–H groups in total. The summed E-state index contributed by atoms with van der Waals surface area (Å²) in [6.45, 7) is 5.97. The predicted molar refractivity (Wildman–Crippen MR) is 77.0 cm³/mol. The van der Waals surface area contributed by atoms with E-state index in [0.29, 0.717) is 12.2 Å². The first-order valence-corrected chi connectivity index (χ1v) is 7.31. The number of nitrogens with zero attached hydrogens (tertiary/aromatic N) is 1. The maximum Gasteiger partial charge on any atom is 0.108 e. The zero-order chi connectivity index (χ0) is 13.3. The van der Waals surface area contributed by atoms with Crippen LogP contribution in [0.25, 0.3) is 11.0 Å². The number of imidazole rings is 1. The van der Waals surface area contributed by atoms with E-state index in [1.807, 2.05) is 39.0 Å². The van der Waals surface area contributed by atoms with Crippen LogP contribution in [-0.2, 0) is 17.2 Å². The maximum atomic E-state index is 12.0. The molecule has 0 saturated heterocycles. The lowest BCUT2D eigenvalue weighted by molar-refractivity contribution is 0.647. The molecule has 0 radical (unpaired) electrons.